The number of hydrogen-bond acceptors (Lipinski definition) is 2. The van der Waals surface area contributed by atoms with Crippen molar-refractivity contribution >= 4 is 7.37 Å². The summed E-state index contributed by atoms with van der Waals surface area (Å²) in [5.41, 5.74) is 7.77. The molecule has 0 aliphatic rings. The van der Waals surface area contributed by atoms with Crippen LogP contribution in [0.2, 0.25) is 0 Å². The molecule has 136 valence electrons. The molecule has 0 radical (unpaired) electrons. The first-order valence-electron chi connectivity index (χ1n) is 8.69. The average Bonchev–Trinajstić information content (AvgIpc) is 2.49. The van der Waals surface area contributed by atoms with Crippen molar-refractivity contribution < 1.29 is 14.6 Å². The van der Waals surface area contributed by atoms with Gasteiger partial charge in [-0.05, 0) is 78.1 Å². The third-order valence-corrected chi connectivity index (χ3v) is 5.85. The van der Waals surface area contributed by atoms with Crippen LogP contribution in [0.4, 0.5) is 0 Å². The molecule has 2 N–H and O–H groups in total. The van der Waals surface area contributed by atoms with Gasteiger partial charge in [0.05, 0.1) is 0 Å². The Bertz CT molecular complexity index is 832. The lowest BCUT2D eigenvalue weighted by molar-refractivity contribution is 0.464. The van der Waals surface area contributed by atoms with Gasteiger partial charge in [0.25, 0.3) is 0 Å². The molecule has 25 heavy (non-hydrogen) atoms. The number of phenolic OH excluding ortho intramolecular Hbond substituents is 1. The molecule has 2 aromatic carbocycles. The molecular weight excluding hydrogens is 331 g/mol. The zero-order valence-corrected chi connectivity index (χ0v) is 16.9. The molecule has 2 rings (SSSR count). The van der Waals surface area contributed by atoms with Crippen molar-refractivity contribution in [2.45, 2.75) is 53.1 Å². The summed E-state index contributed by atoms with van der Waals surface area (Å²) in [6.45, 7) is 11.7. The Hall–Kier alpha value is -1.57. The Balaban J connectivity index is 2.43. The third kappa shape index (κ3) is 4.74. The highest BCUT2D eigenvalue weighted by Crippen LogP contribution is 2.41. The van der Waals surface area contributed by atoms with Crippen LogP contribution in [0.1, 0.15) is 58.7 Å². The molecule has 0 aromatic heterocycles. The Morgan fingerprint density at radius 2 is 1.72 bits per heavy atom. The number of phenols is 1. The number of aromatic hydroxyl groups is 1. The van der Waals surface area contributed by atoms with E-state index in [-0.39, 0.29) is 12.1 Å². The summed E-state index contributed by atoms with van der Waals surface area (Å²) in [4.78, 5) is 9.72. The van der Waals surface area contributed by atoms with Crippen molar-refractivity contribution in [2.24, 2.45) is 0 Å². The van der Waals surface area contributed by atoms with Gasteiger partial charge in [-0.25, -0.2) is 0 Å². The number of benzene rings is 2. The highest BCUT2D eigenvalue weighted by atomic mass is 31.2. The molecule has 0 aliphatic carbocycles. The van der Waals surface area contributed by atoms with Gasteiger partial charge in [-0.1, -0.05) is 32.0 Å². The molecule has 0 fully saturated rings. The second kappa shape index (κ2) is 7.35. The molecule has 0 amide bonds. The summed E-state index contributed by atoms with van der Waals surface area (Å²) in [5, 5.41) is 10.0. The van der Waals surface area contributed by atoms with Crippen LogP contribution in [-0.4, -0.2) is 16.7 Å². The van der Waals surface area contributed by atoms with Crippen LogP contribution < -0.4 is 0 Å². The van der Waals surface area contributed by atoms with Crippen molar-refractivity contribution in [3.05, 3.63) is 63.2 Å². The van der Waals surface area contributed by atoms with E-state index in [0.29, 0.717) is 5.75 Å². The van der Waals surface area contributed by atoms with Crippen LogP contribution in [0, 0.1) is 20.8 Å². The average molecular weight is 360 g/mol. The van der Waals surface area contributed by atoms with E-state index in [1.807, 2.05) is 19.1 Å². The van der Waals surface area contributed by atoms with Gasteiger partial charge in [0.15, 0.2) is 0 Å². The van der Waals surface area contributed by atoms with Crippen molar-refractivity contribution in [3.8, 4) is 5.75 Å². The summed E-state index contributed by atoms with van der Waals surface area (Å²) in [5.74, 6) is 0.620. The summed E-state index contributed by atoms with van der Waals surface area (Å²) in [6, 6.07) is 7.87. The Kier molecular flexibility index (Phi) is 5.81. The highest BCUT2D eigenvalue weighted by molar-refractivity contribution is 7.56. The number of aryl methyl sites for hydroxylation is 1. The quantitative estimate of drug-likeness (QED) is 0.699. The molecule has 0 spiro atoms. The van der Waals surface area contributed by atoms with Crippen LogP contribution in [0.5, 0.6) is 5.75 Å². The predicted octanol–water partition coefficient (Wildman–Crippen LogP) is 5.43. The van der Waals surface area contributed by atoms with Crippen molar-refractivity contribution in [1.82, 2.24) is 0 Å². The van der Waals surface area contributed by atoms with Crippen LogP contribution in [0.15, 0.2) is 24.3 Å². The molecule has 0 aliphatic heterocycles. The second-order valence-electron chi connectivity index (χ2n) is 7.51. The monoisotopic (exact) mass is 360 g/mol. The van der Waals surface area contributed by atoms with Crippen molar-refractivity contribution in [3.63, 3.8) is 0 Å². The van der Waals surface area contributed by atoms with E-state index in [0.717, 1.165) is 28.7 Å². The molecule has 2 aromatic rings. The Morgan fingerprint density at radius 1 is 1.08 bits per heavy atom. The van der Waals surface area contributed by atoms with E-state index in [2.05, 4.69) is 33.8 Å². The summed E-state index contributed by atoms with van der Waals surface area (Å²) < 4.78 is 11.8. The fourth-order valence-electron chi connectivity index (χ4n) is 3.35. The van der Waals surface area contributed by atoms with Gasteiger partial charge in [-0.15, -0.1) is 0 Å². The van der Waals surface area contributed by atoms with Gasteiger partial charge >= 0.3 is 0 Å². The molecule has 3 nitrogen and oxygen atoms in total. The first-order valence-corrected chi connectivity index (χ1v) is 11.0. The lowest BCUT2D eigenvalue weighted by Crippen LogP contribution is -2.03. The molecule has 1 atom stereocenters. The maximum Gasteiger partial charge on any atom is 0.201 e. The molecule has 0 saturated carbocycles. The highest BCUT2D eigenvalue weighted by Gasteiger charge is 2.17. The van der Waals surface area contributed by atoms with E-state index in [1.54, 1.807) is 6.07 Å². The van der Waals surface area contributed by atoms with Crippen LogP contribution in [-0.2, 0) is 17.1 Å². The zero-order valence-electron chi connectivity index (χ0n) is 16.1. The van der Waals surface area contributed by atoms with E-state index in [9.17, 15) is 14.6 Å². The standard InChI is InChI=1S/C21H29O3P/c1-13(2)19-10-17(7-8-21(19)22)11-20-14(3)9-18(12-25(6,23)24)15(4)16(20)5/h7-10,13,22H,11-12H2,1-6H3,(H,23,24). The van der Waals surface area contributed by atoms with E-state index < -0.39 is 7.37 Å². The first kappa shape index (κ1) is 19.8. The SMILES string of the molecule is Cc1cc(CP(C)(=O)O)c(C)c(C)c1Cc1ccc(O)c(C(C)C)c1. The van der Waals surface area contributed by atoms with Gasteiger partial charge in [0, 0.05) is 12.8 Å². The number of rotatable bonds is 5. The molecule has 4 heteroatoms. The van der Waals surface area contributed by atoms with Gasteiger partial charge < -0.3 is 10.00 Å². The maximum atomic E-state index is 11.8. The van der Waals surface area contributed by atoms with E-state index in [1.165, 1.54) is 23.4 Å². The smallest absolute Gasteiger partial charge is 0.201 e. The third-order valence-electron chi connectivity index (χ3n) is 4.92. The number of hydrogen-bond donors (Lipinski definition) is 2. The fraction of sp³-hybridized carbons (Fsp3) is 0.429. The van der Waals surface area contributed by atoms with E-state index in [4.69, 9.17) is 0 Å². The van der Waals surface area contributed by atoms with E-state index >= 15 is 0 Å². The fourth-order valence-corrected chi connectivity index (χ4v) is 4.31. The normalized spacial score (nSPS) is 13.9. The molecule has 0 bridgehead atoms. The lowest BCUT2D eigenvalue weighted by Gasteiger charge is -2.18. The van der Waals surface area contributed by atoms with Gasteiger partial charge in [0.1, 0.15) is 5.75 Å². The molecule has 0 saturated heterocycles. The molecular formula is C21H29O3P. The van der Waals surface area contributed by atoms with Gasteiger partial charge in [-0.2, -0.15) is 0 Å². The Morgan fingerprint density at radius 3 is 2.28 bits per heavy atom. The zero-order chi connectivity index (χ0) is 18.9. The van der Waals surface area contributed by atoms with Crippen LogP contribution in [0.3, 0.4) is 0 Å². The maximum absolute atomic E-state index is 11.8. The second-order valence-corrected chi connectivity index (χ2v) is 9.93. The topological polar surface area (TPSA) is 57.5 Å². The largest absolute Gasteiger partial charge is 0.508 e. The first-order chi connectivity index (χ1) is 11.5. The summed E-state index contributed by atoms with van der Waals surface area (Å²) in [6.07, 6.45) is 1.01. The minimum Gasteiger partial charge on any atom is -0.508 e. The minimum absolute atomic E-state index is 0.220. The minimum atomic E-state index is -3.09. The van der Waals surface area contributed by atoms with Gasteiger partial charge in [0.2, 0.25) is 7.37 Å². The summed E-state index contributed by atoms with van der Waals surface area (Å²) >= 11 is 0. The predicted molar refractivity (Wildman–Crippen MR) is 105 cm³/mol. The van der Waals surface area contributed by atoms with Gasteiger partial charge in [-0.3, -0.25) is 4.57 Å². The van der Waals surface area contributed by atoms with Crippen molar-refractivity contribution in [1.29, 1.82) is 0 Å². The van der Waals surface area contributed by atoms with Crippen molar-refractivity contribution in [2.75, 3.05) is 6.66 Å². The molecule has 0 heterocycles. The lowest BCUT2D eigenvalue weighted by atomic mass is 9.89. The Labute approximate surface area is 151 Å². The summed E-state index contributed by atoms with van der Waals surface area (Å²) in [7, 11) is -3.09. The molecule has 1 unspecified atom stereocenters. The van der Waals surface area contributed by atoms with Crippen LogP contribution in [0.25, 0.3) is 0 Å². The van der Waals surface area contributed by atoms with Crippen LogP contribution >= 0.6 is 7.37 Å².